The first-order valence-electron chi connectivity index (χ1n) is 17.3. The summed E-state index contributed by atoms with van der Waals surface area (Å²) in [7, 11) is 0. The molecule has 10 rings (SSSR count). The van der Waals surface area contributed by atoms with Gasteiger partial charge in [-0.25, -0.2) is 0 Å². The van der Waals surface area contributed by atoms with E-state index >= 15 is 0 Å². The summed E-state index contributed by atoms with van der Waals surface area (Å²) in [5.41, 5.74) is 13.5. The minimum Gasteiger partial charge on any atom is -0.309 e. The molecule has 0 amide bonds. The number of aromatic nitrogens is 1. The van der Waals surface area contributed by atoms with E-state index in [4.69, 9.17) is 0 Å². The summed E-state index contributed by atoms with van der Waals surface area (Å²) in [6.07, 6.45) is 0. The van der Waals surface area contributed by atoms with Gasteiger partial charge in [-0.05, 0) is 81.4 Å². The Morgan fingerprint density at radius 2 is 0.902 bits per heavy atom. The van der Waals surface area contributed by atoms with Gasteiger partial charge in [0, 0.05) is 41.6 Å². The van der Waals surface area contributed by atoms with E-state index in [1.165, 1.54) is 85.9 Å². The van der Waals surface area contributed by atoms with Crippen molar-refractivity contribution in [1.29, 1.82) is 0 Å². The number of para-hydroxylation sites is 2. The minimum absolute atomic E-state index is 1.16. The highest BCUT2D eigenvalue weighted by Gasteiger charge is 2.24. The largest absolute Gasteiger partial charge is 0.309 e. The predicted molar refractivity (Wildman–Crippen MR) is 217 cm³/mol. The van der Waals surface area contributed by atoms with Gasteiger partial charge in [-0.1, -0.05) is 169 Å². The van der Waals surface area contributed by atoms with Crippen LogP contribution in [0.15, 0.2) is 208 Å². The van der Waals surface area contributed by atoms with E-state index in [-0.39, 0.29) is 0 Å². The highest BCUT2D eigenvalue weighted by Crippen LogP contribution is 2.53. The number of fused-ring (bicyclic) bond motifs is 9. The Bertz CT molecular complexity index is 2740. The van der Waals surface area contributed by atoms with Crippen molar-refractivity contribution in [2.45, 2.75) is 19.6 Å². The van der Waals surface area contributed by atoms with Gasteiger partial charge in [0.2, 0.25) is 0 Å². The average Bonchev–Trinajstić information content (AvgIpc) is 3.53. The first kappa shape index (κ1) is 30.1. The topological polar surface area (TPSA) is 4.93 Å². The zero-order valence-electron chi connectivity index (χ0n) is 27.7. The van der Waals surface area contributed by atoms with Gasteiger partial charge in [0.15, 0.2) is 0 Å². The Balaban J connectivity index is 1.28. The maximum atomic E-state index is 2.41. The number of rotatable bonds is 3. The summed E-state index contributed by atoms with van der Waals surface area (Å²) < 4.78 is 2.41. The second kappa shape index (κ2) is 12.5. The van der Waals surface area contributed by atoms with Crippen LogP contribution in [0.4, 0.5) is 0 Å². The molecule has 1 nitrogen and oxygen atoms in total. The summed E-state index contributed by atoms with van der Waals surface area (Å²) in [4.78, 5) is 5.02. The summed E-state index contributed by atoms with van der Waals surface area (Å²) >= 11 is 3.75. The minimum atomic E-state index is 1.16. The molecule has 51 heavy (non-hydrogen) atoms. The summed E-state index contributed by atoms with van der Waals surface area (Å²) in [6, 6.07) is 68.8. The van der Waals surface area contributed by atoms with E-state index in [2.05, 4.69) is 193 Å². The third kappa shape index (κ3) is 5.12. The fraction of sp³-hybridized carbons (Fsp3) is 0. The average molecular weight is 686 g/mol. The molecule has 0 unspecified atom stereocenters. The first-order valence-corrected chi connectivity index (χ1v) is 18.9. The van der Waals surface area contributed by atoms with Crippen molar-refractivity contribution in [1.82, 2.24) is 4.57 Å². The van der Waals surface area contributed by atoms with E-state index in [1.807, 2.05) is 23.5 Å². The standard InChI is InChI=1S/C48H31NS2/c1-3-15-32(16-4-1)36-23-13-24-41-47-35(33-29-30-38-37-19-7-10-25-42(37)49(43(38)31-33)34-17-5-2-6-18-34)22-14-28-46(47)50-44-26-11-8-20-39(44)40-21-9-12-27-45(40)51-48(36)41/h1-31H. The van der Waals surface area contributed by atoms with Crippen LogP contribution in [0.5, 0.6) is 0 Å². The van der Waals surface area contributed by atoms with Gasteiger partial charge in [-0.15, -0.1) is 0 Å². The molecule has 0 bridgehead atoms. The maximum absolute atomic E-state index is 2.41. The molecule has 0 spiro atoms. The SMILES string of the molecule is c1ccc(-c2cccc3c2Sc2ccccc2-c2ccccc2Sc2cccc(-c4ccc5c6ccccc6n(-c6ccccc6)c5c4)c2-3)cc1. The van der Waals surface area contributed by atoms with Crippen molar-refractivity contribution in [2.75, 3.05) is 0 Å². The number of nitrogens with zero attached hydrogens (tertiary/aromatic N) is 1. The van der Waals surface area contributed by atoms with Crippen LogP contribution in [-0.2, 0) is 0 Å². The van der Waals surface area contributed by atoms with Crippen molar-refractivity contribution in [3.8, 4) is 50.2 Å². The second-order valence-corrected chi connectivity index (χ2v) is 15.0. The molecule has 0 fully saturated rings. The van der Waals surface area contributed by atoms with Crippen LogP contribution in [0.2, 0.25) is 0 Å². The molecule has 240 valence electrons. The molecular weight excluding hydrogens is 655 g/mol. The Hall–Kier alpha value is -5.74. The number of benzene rings is 8. The second-order valence-electron chi connectivity index (χ2n) is 12.8. The number of hydrogen-bond acceptors (Lipinski definition) is 2. The smallest absolute Gasteiger partial charge is 0.0547 e. The quantitative estimate of drug-likeness (QED) is 0.182. The lowest BCUT2D eigenvalue weighted by atomic mass is 9.92. The number of hydrogen-bond donors (Lipinski definition) is 0. The molecule has 0 saturated heterocycles. The van der Waals surface area contributed by atoms with Crippen molar-refractivity contribution < 1.29 is 0 Å². The molecule has 9 aromatic rings. The van der Waals surface area contributed by atoms with Crippen molar-refractivity contribution in [2.24, 2.45) is 0 Å². The fourth-order valence-corrected chi connectivity index (χ4v) is 9.97. The fourth-order valence-electron chi connectivity index (χ4n) is 7.60. The Morgan fingerprint density at radius 1 is 0.333 bits per heavy atom. The van der Waals surface area contributed by atoms with Crippen LogP contribution in [0.25, 0.3) is 72.0 Å². The molecule has 0 saturated carbocycles. The third-order valence-electron chi connectivity index (χ3n) is 9.89. The third-order valence-corrected chi connectivity index (χ3v) is 12.2. The Kier molecular flexibility index (Phi) is 7.41. The maximum Gasteiger partial charge on any atom is 0.0547 e. The highest BCUT2D eigenvalue weighted by molar-refractivity contribution is 8.00. The van der Waals surface area contributed by atoms with Gasteiger partial charge < -0.3 is 4.57 Å². The van der Waals surface area contributed by atoms with E-state index in [9.17, 15) is 0 Å². The Morgan fingerprint density at radius 3 is 1.71 bits per heavy atom. The lowest BCUT2D eigenvalue weighted by molar-refractivity contribution is 1.18. The molecule has 0 N–H and O–H groups in total. The molecule has 1 aliphatic heterocycles. The van der Waals surface area contributed by atoms with E-state index in [1.54, 1.807) is 0 Å². The molecule has 0 atom stereocenters. The van der Waals surface area contributed by atoms with Crippen molar-refractivity contribution in [3.05, 3.63) is 188 Å². The van der Waals surface area contributed by atoms with Gasteiger partial charge in [-0.3, -0.25) is 0 Å². The van der Waals surface area contributed by atoms with Crippen molar-refractivity contribution in [3.63, 3.8) is 0 Å². The molecule has 0 radical (unpaired) electrons. The van der Waals surface area contributed by atoms with Crippen molar-refractivity contribution >= 4 is 45.3 Å². The lowest BCUT2D eigenvalue weighted by Crippen LogP contribution is -1.97. The van der Waals surface area contributed by atoms with Gasteiger partial charge in [0.25, 0.3) is 0 Å². The zero-order valence-corrected chi connectivity index (χ0v) is 29.3. The van der Waals surface area contributed by atoms with E-state index in [0.717, 1.165) is 5.69 Å². The monoisotopic (exact) mass is 685 g/mol. The van der Waals surface area contributed by atoms with Gasteiger partial charge in [0.05, 0.1) is 11.0 Å². The zero-order chi connectivity index (χ0) is 33.7. The molecule has 2 heterocycles. The van der Waals surface area contributed by atoms with Crippen LogP contribution in [-0.4, -0.2) is 4.57 Å². The van der Waals surface area contributed by atoms with Crippen LogP contribution in [0, 0.1) is 0 Å². The summed E-state index contributed by atoms with van der Waals surface area (Å²) in [5.74, 6) is 0. The molecular formula is C48H31NS2. The van der Waals surface area contributed by atoms with E-state index < -0.39 is 0 Å². The van der Waals surface area contributed by atoms with Crippen LogP contribution >= 0.6 is 23.5 Å². The predicted octanol–water partition coefficient (Wildman–Crippen LogP) is 14.1. The highest BCUT2D eigenvalue weighted by atomic mass is 32.2. The van der Waals surface area contributed by atoms with Gasteiger partial charge in [-0.2, -0.15) is 0 Å². The molecule has 0 aliphatic carbocycles. The normalized spacial score (nSPS) is 12.2. The summed E-state index contributed by atoms with van der Waals surface area (Å²) in [5, 5.41) is 2.52. The molecule has 1 aromatic heterocycles. The first-order chi connectivity index (χ1) is 25.3. The molecule has 8 aromatic carbocycles. The Labute approximate surface area is 306 Å². The van der Waals surface area contributed by atoms with Crippen LogP contribution < -0.4 is 0 Å². The van der Waals surface area contributed by atoms with Gasteiger partial charge >= 0.3 is 0 Å². The van der Waals surface area contributed by atoms with Crippen LogP contribution in [0.3, 0.4) is 0 Å². The van der Waals surface area contributed by atoms with Crippen LogP contribution in [0.1, 0.15) is 0 Å². The molecule has 3 heteroatoms. The van der Waals surface area contributed by atoms with E-state index in [0.29, 0.717) is 0 Å². The lowest BCUT2D eigenvalue weighted by Gasteiger charge is -2.24. The summed E-state index contributed by atoms with van der Waals surface area (Å²) in [6.45, 7) is 0. The van der Waals surface area contributed by atoms with Gasteiger partial charge in [0.1, 0.15) is 0 Å². The molecule has 1 aliphatic rings.